The van der Waals surface area contributed by atoms with Crippen LogP contribution in [0.4, 0.5) is 0 Å². The first-order valence-corrected chi connectivity index (χ1v) is 5.98. The fourth-order valence-electron chi connectivity index (χ4n) is 1.78. The molecule has 0 aliphatic carbocycles. The lowest BCUT2D eigenvalue weighted by Gasteiger charge is -2.20. The summed E-state index contributed by atoms with van der Waals surface area (Å²) < 4.78 is 2.09. The van der Waals surface area contributed by atoms with Crippen molar-refractivity contribution in [2.75, 3.05) is 19.6 Å². The summed E-state index contributed by atoms with van der Waals surface area (Å²) in [5, 5.41) is 0. The molecule has 0 aromatic carbocycles. The Balaban J connectivity index is 2.18. The molecule has 0 spiro atoms. The van der Waals surface area contributed by atoms with E-state index in [9.17, 15) is 4.79 Å². The van der Waals surface area contributed by atoms with E-state index in [0.717, 1.165) is 45.3 Å². The Labute approximate surface area is 97.3 Å². The Kier molecular flexibility index (Phi) is 6.49. The number of rotatable bonds is 9. The Bertz CT molecular complexity index is 272. The van der Waals surface area contributed by atoms with Crippen molar-refractivity contribution in [2.24, 2.45) is 0 Å². The minimum absolute atomic E-state index is 0.644. The molecule has 1 rings (SSSR count). The number of carbonyl (C=O) groups is 1. The molecule has 0 aliphatic rings. The molecule has 0 atom stereocenters. The third-order valence-electron chi connectivity index (χ3n) is 2.55. The maximum absolute atomic E-state index is 10.3. The van der Waals surface area contributed by atoms with Crippen LogP contribution in [0.5, 0.6) is 0 Å². The van der Waals surface area contributed by atoms with Gasteiger partial charge in [-0.25, -0.2) is 4.98 Å². The van der Waals surface area contributed by atoms with Gasteiger partial charge >= 0.3 is 0 Å². The van der Waals surface area contributed by atoms with E-state index in [4.69, 9.17) is 0 Å². The molecule has 0 saturated heterocycles. The third kappa shape index (κ3) is 5.07. The Morgan fingerprint density at radius 2 is 2.25 bits per heavy atom. The van der Waals surface area contributed by atoms with Gasteiger partial charge < -0.3 is 14.3 Å². The first-order chi connectivity index (χ1) is 7.86. The van der Waals surface area contributed by atoms with Gasteiger partial charge in [0.2, 0.25) is 0 Å². The highest BCUT2D eigenvalue weighted by atomic mass is 16.1. The highest BCUT2D eigenvalue weighted by Gasteiger charge is 2.02. The average molecular weight is 223 g/mol. The Morgan fingerprint density at radius 3 is 2.88 bits per heavy atom. The zero-order valence-electron chi connectivity index (χ0n) is 10.0. The van der Waals surface area contributed by atoms with Gasteiger partial charge in [-0.3, -0.25) is 0 Å². The van der Waals surface area contributed by atoms with Crippen molar-refractivity contribution in [2.45, 2.75) is 32.7 Å². The number of aromatic nitrogens is 2. The number of aryl methyl sites for hydroxylation is 1. The number of nitrogens with zero attached hydrogens (tertiary/aromatic N) is 3. The smallest absolute Gasteiger partial charge is 0.121 e. The van der Waals surface area contributed by atoms with Crippen LogP contribution in [0, 0.1) is 0 Å². The van der Waals surface area contributed by atoms with Gasteiger partial charge in [0.15, 0.2) is 0 Å². The Hall–Kier alpha value is -1.16. The Morgan fingerprint density at radius 1 is 1.38 bits per heavy atom. The molecule has 1 aromatic heterocycles. The van der Waals surface area contributed by atoms with Gasteiger partial charge in [0.05, 0.1) is 6.33 Å². The van der Waals surface area contributed by atoms with Gasteiger partial charge in [0.25, 0.3) is 0 Å². The van der Waals surface area contributed by atoms with Crippen LogP contribution in [-0.2, 0) is 11.3 Å². The molecule has 0 saturated carbocycles. The fraction of sp³-hybridized carbons (Fsp3) is 0.667. The van der Waals surface area contributed by atoms with Gasteiger partial charge in [0, 0.05) is 31.9 Å². The van der Waals surface area contributed by atoms with Crippen LogP contribution in [0.25, 0.3) is 0 Å². The van der Waals surface area contributed by atoms with Crippen molar-refractivity contribution < 1.29 is 4.79 Å². The SMILES string of the molecule is CCCN(CCC=O)CCCn1ccnc1. The van der Waals surface area contributed by atoms with Gasteiger partial charge in [0.1, 0.15) is 6.29 Å². The topological polar surface area (TPSA) is 38.1 Å². The van der Waals surface area contributed by atoms with E-state index in [-0.39, 0.29) is 0 Å². The lowest BCUT2D eigenvalue weighted by molar-refractivity contribution is -0.108. The van der Waals surface area contributed by atoms with Crippen molar-refractivity contribution in [3.8, 4) is 0 Å². The molecule has 0 N–H and O–H groups in total. The molecule has 16 heavy (non-hydrogen) atoms. The highest BCUT2D eigenvalue weighted by Crippen LogP contribution is 1.98. The largest absolute Gasteiger partial charge is 0.337 e. The number of hydrogen-bond donors (Lipinski definition) is 0. The van der Waals surface area contributed by atoms with Crippen molar-refractivity contribution in [1.29, 1.82) is 0 Å². The molecule has 1 heterocycles. The zero-order chi connectivity index (χ0) is 11.6. The number of imidazole rings is 1. The molecule has 0 unspecified atom stereocenters. The number of aldehydes is 1. The van der Waals surface area contributed by atoms with Crippen LogP contribution in [0.3, 0.4) is 0 Å². The van der Waals surface area contributed by atoms with E-state index >= 15 is 0 Å². The second kappa shape index (κ2) is 8.05. The molecule has 4 nitrogen and oxygen atoms in total. The van der Waals surface area contributed by atoms with E-state index in [1.807, 2.05) is 12.5 Å². The van der Waals surface area contributed by atoms with Crippen LogP contribution >= 0.6 is 0 Å². The third-order valence-corrected chi connectivity index (χ3v) is 2.55. The summed E-state index contributed by atoms with van der Waals surface area (Å²) in [4.78, 5) is 16.7. The molecule has 1 aromatic rings. The van der Waals surface area contributed by atoms with Gasteiger partial charge in [-0.1, -0.05) is 6.92 Å². The van der Waals surface area contributed by atoms with Gasteiger partial charge in [-0.15, -0.1) is 0 Å². The molecule has 4 heteroatoms. The molecule has 90 valence electrons. The summed E-state index contributed by atoms with van der Waals surface area (Å²) in [5.41, 5.74) is 0. The molecular weight excluding hydrogens is 202 g/mol. The predicted octanol–water partition coefficient (Wildman–Crippen LogP) is 1.57. The van der Waals surface area contributed by atoms with Crippen LogP contribution < -0.4 is 0 Å². The van der Waals surface area contributed by atoms with E-state index in [1.54, 1.807) is 6.20 Å². The lowest BCUT2D eigenvalue weighted by Crippen LogP contribution is -2.27. The lowest BCUT2D eigenvalue weighted by atomic mass is 10.3. The van der Waals surface area contributed by atoms with Gasteiger partial charge in [-0.2, -0.15) is 0 Å². The van der Waals surface area contributed by atoms with Crippen LogP contribution in [-0.4, -0.2) is 40.4 Å². The van der Waals surface area contributed by atoms with E-state index < -0.39 is 0 Å². The summed E-state index contributed by atoms with van der Waals surface area (Å²) in [6, 6.07) is 0. The molecule has 0 bridgehead atoms. The molecule has 0 aliphatic heterocycles. The summed E-state index contributed by atoms with van der Waals surface area (Å²) in [6.45, 7) is 6.20. The minimum atomic E-state index is 0.644. The monoisotopic (exact) mass is 223 g/mol. The zero-order valence-corrected chi connectivity index (χ0v) is 10.0. The summed E-state index contributed by atoms with van der Waals surface area (Å²) in [5.74, 6) is 0. The van der Waals surface area contributed by atoms with Crippen molar-refractivity contribution in [3.05, 3.63) is 18.7 Å². The number of hydrogen-bond acceptors (Lipinski definition) is 3. The summed E-state index contributed by atoms with van der Waals surface area (Å²) in [6.07, 6.45) is 9.52. The van der Waals surface area contributed by atoms with Crippen LogP contribution in [0.15, 0.2) is 18.7 Å². The van der Waals surface area contributed by atoms with E-state index in [2.05, 4.69) is 21.4 Å². The first-order valence-electron chi connectivity index (χ1n) is 5.98. The maximum atomic E-state index is 10.3. The molecular formula is C12H21N3O. The van der Waals surface area contributed by atoms with Crippen molar-refractivity contribution >= 4 is 6.29 Å². The fourth-order valence-corrected chi connectivity index (χ4v) is 1.78. The highest BCUT2D eigenvalue weighted by molar-refractivity contribution is 5.49. The second-order valence-corrected chi connectivity index (χ2v) is 3.95. The van der Waals surface area contributed by atoms with Crippen molar-refractivity contribution in [1.82, 2.24) is 14.5 Å². The summed E-state index contributed by atoms with van der Waals surface area (Å²) >= 11 is 0. The van der Waals surface area contributed by atoms with E-state index in [0.29, 0.717) is 6.42 Å². The second-order valence-electron chi connectivity index (χ2n) is 3.95. The maximum Gasteiger partial charge on any atom is 0.121 e. The van der Waals surface area contributed by atoms with Gasteiger partial charge in [-0.05, 0) is 25.9 Å². The molecule has 0 fully saturated rings. The van der Waals surface area contributed by atoms with E-state index in [1.165, 1.54) is 0 Å². The average Bonchev–Trinajstić information content (AvgIpc) is 2.79. The standard InChI is InChI=1S/C12H21N3O/c1-2-6-14(9-4-11-16)7-3-8-15-10-5-13-12-15/h5,10-12H,2-4,6-9H2,1H3. The summed E-state index contributed by atoms with van der Waals surface area (Å²) in [7, 11) is 0. The number of carbonyl (C=O) groups excluding carboxylic acids is 1. The minimum Gasteiger partial charge on any atom is -0.337 e. The van der Waals surface area contributed by atoms with Crippen LogP contribution in [0.2, 0.25) is 0 Å². The van der Waals surface area contributed by atoms with Crippen LogP contribution in [0.1, 0.15) is 26.2 Å². The first kappa shape index (κ1) is 12.9. The predicted molar refractivity (Wildman–Crippen MR) is 64.3 cm³/mol. The molecule has 0 amide bonds. The quantitative estimate of drug-likeness (QED) is 0.596. The normalized spacial score (nSPS) is 10.9. The van der Waals surface area contributed by atoms with Crippen molar-refractivity contribution in [3.63, 3.8) is 0 Å². The molecule has 0 radical (unpaired) electrons.